The summed E-state index contributed by atoms with van der Waals surface area (Å²) < 4.78 is 15.6. The summed E-state index contributed by atoms with van der Waals surface area (Å²) >= 11 is 5.30. The standard InChI is InChI=1S/C22H20FN5O2S/c23-15-6-2-4-8-18(15)26-9-11-27(12-10-26)19(29)13-17-21(30)28-20(24-17)14-5-1-3-7-16(14)25-22(28)31/h1-8,17,24H,9-13H2/t17-/m0/s1. The lowest BCUT2D eigenvalue weighted by molar-refractivity contribution is -0.131. The topological polar surface area (TPSA) is 70.5 Å². The van der Waals surface area contributed by atoms with Gasteiger partial charge in [-0.1, -0.05) is 24.3 Å². The maximum atomic E-state index is 14.0. The minimum Gasteiger partial charge on any atom is -0.366 e. The molecule has 3 heterocycles. The summed E-state index contributed by atoms with van der Waals surface area (Å²) in [5.41, 5.74) is 1.25. The lowest BCUT2D eigenvalue weighted by Crippen LogP contribution is -2.50. The second kappa shape index (κ2) is 7.73. The fraction of sp³-hybridized carbons (Fsp3) is 0.273. The highest BCUT2D eigenvalue weighted by Crippen LogP contribution is 2.29. The lowest BCUT2D eigenvalue weighted by Gasteiger charge is -2.36. The number of fused-ring (bicyclic) bond motifs is 3. The smallest absolute Gasteiger partial charge is 0.257 e. The molecule has 1 saturated heterocycles. The van der Waals surface area contributed by atoms with Crippen LogP contribution in [0.4, 0.5) is 15.9 Å². The Labute approximate surface area is 183 Å². The molecule has 1 atom stereocenters. The Hall–Kier alpha value is -3.33. The Bertz CT molecular complexity index is 1250. The Morgan fingerprint density at radius 3 is 2.58 bits per heavy atom. The Kier molecular flexibility index (Phi) is 4.90. The second-order valence-electron chi connectivity index (χ2n) is 7.65. The van der Waals surface area contributed by atoms with Crippen molar-refractivity contribution in [2.45, 2.75) is 12.5 Å². The first-order valence-corrected chi connectivity index (χ1v) is 10.5. The van der Waals surface area contributed by atoms with E-state index in [2.05, 4.69) is 10.3 Å². The zero-order valence-corrected chi connectivity index (χ0v) is 17.4. The molecule has 0 radical (unpaired) electrons. The van der Waals surface area contributed by atoms with E-state index < -0.39 is 6.04 Å². The number of carbonyl (C=O) groups excluding carboxylic acids is 2. The molecule has 9 heteroatoms. The molecule has 2 aliphatic heterocycles. The van der Waals surface area contributed by atoms with Gasteiger partial charge in [0.15, 0.2) is 0 Å². The van der Waals surface area contributed by atoms with Crippen molar-refractivity contribution in [3.63, 3.8) is 0 Å². The van der Waals surface area contributed by atoms with Gasteiger partial charge in [0.2, 0.25) is 10.7 Å². The molecule has 0 unspecified atom stereocenters. The number of hydrogen-bond donors (Lipinski definition) is 1. The van der Waals surface area contributed by atoms with Gasteiger partial charge in [0, 0.05) is 31.6 Å². The molecule has 1 aromatic heterocycles. The molecule has 2 aliphatic rings. The first kappa shape index (κ1) is 19.6. The Morgan fingerprint density at radius 2 is 1.81 bits per heavy atom. The first-order chi connectivity index (χ1) is 15.0. The van der Waals surface area contributed by atoms with E-state index in [-0.39, 0.29) is 28.8 Å². The first-order valence-electron chi connectivity index (χ1n) is 10.1. The summed E-state index contributed by atoms with van der Waals surface area (Å²) in [5, 5.41) is 3.97. The highest BCUT2D eigenvalue weighted by atomic mass is 32.1. The van der Waals surface area contributed by atoms with E-state index in [4.69, 9.17) is 12.2 Å². The predicted molar refractivity (Wildman–Crippen MR) is 118 cm³/mol. The summed E-state index contributed by atoms with van der Waals surface area (Å²) in [6, 6.07) is 13.4. The molecule has 3 aromatic rings. The van der Waals surface area contributed by atoms with E-state index in [1.165, 1.54) is 10.6 Å². The van der Waals surface area contributed by atoms with Crippen molar-refractivity contribution in [2.75, 3.05) is 36.4 Å². The monoisotopic (exact) mass is 437 g/mol. The number of nitrogens with zero attached hydrogens (tertiary/aromatic N) is 4. The van der Waals surface area contributed by atoms with Gasteiger partial charge in [-0.3, -0.25) is 9.59 Å². The van der Waals surface area contributed by atoms with Gasteiger partial charge in [0.25, 0.3) is 5.91 Å². The fourth-order valence-corrected chi connectivity index (χ4v) is 4.50. The van der Waals surface area contributed by atoms with Crippen LogP contribution in [-0.2, 0) is 4.79 Å². The molecular weight excluding hydrogens is 417 g/mol. The van der Waals surface area contributed by atoms with E-state index in [1.807, 2.05) is 29.2 Å². The number of rotatable bonds is 3. The van der Waals surface area contributed by atoms with Crippen LogP contribution in [0.1, 0.15) is 11.2 Å². The van der Waals surface area contributed by atoms with E-state index in [0.717, 1.165) is 5.39 Å². The van der Waals surface area contributed by atoms with Gasteiger partial charge >= 0.3 is 0 Å². The van der Waals surface area contributed by atoms with E-state index in [1.54, 1.807) is 23.1 Å². The number of piperazine rings is 1. The molecule has 31 heavy (non-hydrogen) atoms. The van der Waals surface area contributed by atoms with Crippen molar-refractivity contribution >= 4 is 46.4 Å². The number of halogens is 1. The number of anilines is 2. The quantitative estimate of drug-likeness (QED) is 0.635. The third-order valence-electron chi connectivity index (χ3n) is 5.82. The second-order valence-corrected chi connectivity index (χ2v) is 8.02. The molecule has 0 aliphatic carbocycles. The fourth-order valence-electron chi connectivity index (χ4n) is 4.22. The van der Waals surface area contributed by atoms with Crippen LogP contribution < -0.4 is 10.2 Å². The molecule has 0 saturated carbocycles. The third kappa shape index (κ3) is 3.44. The zero-order valence-electron chi connectivity index (χ0n) is 16.6. The molecular formula is C22H20FN5O2S. The molecule has 0 bridgehead atoms. The van der Waals surface area contributed by atoms with Crippen molar-refractivity contribution in [2.24, 2.45) is 0 Å². The van der Waals surface area contributed by atoms with Crippen molar-refractivity contribution in [3.05, 3.63) is 59.1 Å². The van der Waals surface area contributed by atoms with E-state index >= 15 is 0 Å². The Morgan fingerprint density at radius 1 is 1.10 bits per heavy atom. The normalized spacial score (nSPS) is 18.2. The summed E-state index contributed by atoms with van der Waals surface area (Å²) in [6.07, 6.45) is 0.0311. The lowest BCUT2D eigenvalue weighted by atomic mass is 10.1. The highest BCUT2D eigenvalue weighted by molar-refractivity contribution is 7.71. The van der Waals surface area contributed by atoms with Crippen molar-refractivity contribution in [1.29, 1.82) is 0 Å². The summed E-state index contributed by atoms with van der Waals surface area (Å²) in [4.78, 5) is 33.8. The van der Waals surface area contributed by atoms with Crippen molar-refractivity contribution in [3.8, 4) is 0 Å². The van der Waals surface area contributed by atoms with Crippen LogP contribution >= 0.6 is 12.2 Å². The Balaban J connectivity index is 1.28. The number of hydrogen-bond acceptors (Lipinski definition) is 6. The summed E-state index contributed by atoms with van der Waals surface area (Å²) in [5.74, 6) is -0.0617. The third-order valence-corrected chi connectivity index (χ3v) is 6.10. The van der Waals surface area contributed by atoms with E-state index in [9.17, 15) is 14.0 Å². The number of amides is 1. The SMILES string of the molecule is O=C(C[C@@H]1Nc2c3ccccc3nc(=S)n2C1=O)N1CCN(c2ccccc2F)CC1. The van der Waals surface area contributed by atoms with Gasteiger partial charge in [-0.25, -0.2) is 13.9 Å². The van der Waals surface area contributed by atoms with Crippen LogP contribution in [0.3, 0.4) is 0 Å². The van der Waals surface area contributed by atoms with Crippen LogP contribution in [0, 0.1) is 10.6 Å². The summed E-state index contributed by atoms with van der Waals surface area (Å²) in [7, 11) is 0. The number of para-hydroxylation sites is 2. The minimum absolute atomic E-state index is 0.0311. The minimum atomic E-state index is -0.689. The number of carbonyl (C=O) groups is 2. The maximum absolute atomic E-state index is 14.0. The molecule has 2 aromatic carbocycles. The van der Waals surface area contributed by atoms with Gasteiger partial charge in [0.05, 0.1) is 17.6 Å². The van der Waals surface area contributed by atoms with Gasteiger partial charge in [0.1, 0.15) is 17.7 Å². The highest BCUT2D eigenvalue weighted by Gasteiger charge is 2.35. The maximum Gasteiger partial charge on any atom is 0.257 e. The van der Waals surface area contributed by atoms with Crippen LogP contribution in [0.2, 0.25) is 0 Å². The van der Waals surface area contributed by atoms with Crippen LogP contribution in [0.15, 0.2) is 48.5 Å². The average molecular weight is 438 g/mol. The largest absolute Gasteiger partial charge is 0.366 e. The van der Waals surface area contributed by atoms with Gasteiger partial charge in [-0.15, -0.1) is 0 Å². The van der Waals surface area contributed by atoms with Crippen LogP contribution in [0.5, 0.6) is 0 Å². The van der Waals surface area contributed by atoms with Gasteiger partial charge < -0.3 is 15.1 Å². The number of aromatic nitrogens is 2. The number of nitrogens with one attached hydrogen (secondary N) is 1. The van der Waals surface area contributed by atoms with Crippen LogP contribution in [0.25, 0.3) is 10.9 Å². The average Bonchev–Trinajstić information content (AvgIpc) is 3.11. The van der Waals surface area contributed by atoms with Crippen molar-refractivity contribution < 1.29 is 14.0 Å². The predicted octanol–water partition coefficient (Wildman–Crippen LogP) is 3.08. The molecule has 1 fully saturated rings. The summed E-state index contributed by atoms with van der Waals surface area (Å²) in [6.45, 7) is 2.03. The molecule has 158 valence electrons. The van der Waals surface area contributed by atoms with Gasteiger partial charge in [-0.2, -0.15) is 0 Å². The molecule has 1 amide bonds. The molecule has 5 rings (SSSR count). The zero-order chi connectivity index (χ0) is 21.5. The van der Waals surface area contributed by atoms with E-state index in [0.29, 0.717) is 43.2 Å². The van der Waals surface area contributed by atoms with Gasteiger partial charge in [-0.05, 0) is 36.5 Å². The molecule has 0 spiro atoms. The van der Waals surface area contributed by atoms with Crippen LogP contribution in [-0.4, -0.2) is 58.5 Å². The number of benzene rings is 2. The van der Waals surface area contributed by atoms with Crippen molar-refractivity contribution in [1.82, 2.24) is 14.5 Å². The molecule has 7 nitrogen and oxygen atoms in total. The molecule has 1 N–H and O–H groups in total.